The molecule has 2 aromatic carbocycles. The van der Waals surface area contributed by atoms with Crippen LogP contribution in [0.3, 0.4) is 0 Å². The lowest BCUT2D eigenvalue weighted by molar-refractivity contribution is 0.262. The number of carbonyl (C=O) groups excluding carboxylic acids is 1. The Morgan fingerprint density at radius 2 is 1.97 bits per heavy atom. The Morgan fingerprint density at radius 3 is 2.66 bits per heavy atom. The van der Waals surface area contributed by atoms with E-state index in [1.165, 1.54) is 12.3 Å². The highest BCUT2D eigenvalue weighted by atomic mass is 19.1. The Morgan fingerprint density at radius 1 is 1.16 bits per heavy atom. The molecule has 6 N–H and O–H groups in total. The number of halogens is 1. The summed E-state index contributed by atoms with van der Waals surface area (Å²) < 4.78 is 14.4. The number of aryl methyl sites for hydroxylation is 2. The van der Waals surface area contributed by atoms with Gasteiger partial charge >= 0.3 is 6.03 Å². The fraction of sp³-hybridized carbons (Fsp3) is 0.261. The van der Waals surface area contributed by atoms with E-state index in [2.05, 4.69) is 25.9 Å². The van der Waals surface area contributed by atoms with Gasteiger partial charge in [-0.05, 0) is 56.6 Å². The molecule has 0 aliphatic rings. The van der Waals surface area contributed by atoms with Gasteiger partial charge in [-0.15, -0.1) is 0 Å². The number of carbonyl (C=O) groups is 1. The van der Waals surface area contributed by atoms with E-state index in [9.17, 15) is 14.0 Å². The zero-order valence-corrected chi connectivity index (χ0v) is 18.1. The van der Waals surface area contributed by atoms with Crippen molar-refractivity contribution in [2.24, 2.45) is 5.73 Å². The lowest BCUT2D eigenvalue weighted by Gasteiger charge is -2.10. The van der Waals surface area contributed by atoms with Crippen LogP contribution in [0.1, 0.15) is 23.1 Å². The van der Waals surface area contributed by atoms with E-state index in [4.69, 9.17) is 5.73 Å². The van der Waals surface area contributed by atoms with Gasteiger partial charge in [-0.25, -0.2) is 9.18 Å². The van der Waals surface area contributed by atoms with Crippen LogP contribution in [0.4, 0.5) is 20.8 Å². The monoisotopic (exact) mass is 438 g/mol. The van der Waals surface area contributed by atoms with Gasteiger partial charge in [0.05, 0.1) is 5.56 Å². The van der Waals surface area contributed by atoms with Crippen molar-refractivity contribution in [3.63, 3.8) is 0 Å². The third kappa shape index (κ3) is 5.99. The van der Waals surface area contributed by atoms with Crippen LogP contribution in [0.15, 0.2) is 47.4 Å². The second kappa shape index (κ2) is 10.7. The van der Waals surface area contributed by atoms with E-state index >= 15 is 0 Å². The molecule has 0 aliphatic heterocycles. The summed E-state index contributed by atoms with van der Waals surface area (Å²) >= 11 is 0. The van der Waals surface area contributed by atoms with E-state index in [1.54, 1.807) is 18.2 Å². The maximum absolute atomic E-state index is 14.4. The van der Waals surface area contributed by atoms with Crippen molar-refractivity contribution in [3.05, 3.63) is 75.5 Å². The van der Waals surface area contributed by atoms with Crippen molar-refractivity contribution in [2.45, 2.75) is 26.8 Å². The number of anilines is 2. The number of nitrogens with two attached hydrogens (primary N) is 1. The van der Waals surface area contributed by atoms with Crippen LogP contribution in [-0.4, -0.2) is 29.1 Å². The van der Waals surface area contributed by atoms with Crippen molar-refractivity contribution in [1.29, 1.82) is 0 Å². The summed E-state index contributed by atoms with van der Waals surface area (Å²) in [7, 11) is 0. The van der Waals surface area contributed by atoms with Gasteiger partial charge in [-0.2, -0.15) is 4.98 Å². The maximum atomic E-state index is 14.4. The molecule has 168 valence electrons. The summed E-state index contributed by atoms with van der Waals surface area (Å²) in [6.45, 7) is 5.50. The third-order valence-electron chi connectivity index (χ3n) is 4.90. The average Bonchev–Trinajstić information content (AvgIpc) is 2.74. The zero-order valence-electron chi connectivity index (χ0n) is 18.1. The number of H-pyrrole nitrogens is 1. The van der Waals surface area contributed by atoms with Gasteiger partial charge in [0.25, 0.3) is 5.56 Å². The van der Waals surface area contributed by atoms with Gasteiger partial charge in [0.2, 0.25) is 5.95 Å². The van der Waals surface area contributed by atoms with E-state index in [1.807, 2.05) is 26.0 Å². The SMILES string of the molecule is Cc1ccc(NC(=O)Nc2nc(=O)c(-c3ccc(CNCCCN)c(F)c3)c[nH]2)c(C)c1. The Hall–Kier alpha value is -3.56. The van der Waals surface area contributed by atoms with Crippen LogP contribution in [0, 0.1) is 19.7 Å². The standard InChI is InChI=1S/C23H27FN6O2/c1-14-4-7-20(15(2)10-14)28-23(32)30-22-27-13-18(21(31)29-22)16-5-6-17(19(24)11-16)12-26-9-3-8-25/h4-7,10-11,13,26H,3,8-9,12,25H2,1-2H3,(H3,27,28,29,30,31,32). The van der Waals surface area contributed by atoms with Crippen LogP contribution >= 0.6 is 0 Å². The molecular weight excluding hydrogens is 411 g/mol. The molecule has 0 fully saturated rings. The molecule has 0 radical (unpaired) electrons. The Labute approximate surface area is 185 Å². The second-order valence-electron chi connectivity index (χ2n) is 7.49. The highest BCUT2D eigenvalue weighted by Gasteiger charge is 2.11. The molecule has 0 saturated heterocycles. The molecule has 32 heavy (non-hydrogen) atoms. The molecule has 3 aromatic rings. The highest BCUT2D eigenvalue weighted by Crippen LogP contribution is 2.19. The number of hydrogen-bond acceptors (Lipinski definition) is 5. The summed E-state index contributed by atoms with van der Waals surface area (Å²) in [5.41, 5.74) is 8.60. The second-order valence-corrected chi connectivity index (χ2v) is 7.49. The summed E-state index contributed by atoms with van der Waals surface area (Å²) in [5, 5.41) is 8.33. The molecule has 0 saturated carbocycles. The van der Waals surface area contributed by atoms with Gasteiger partial charge in [0.15, 0.2) is 0 Å². The van der Waals surface area contributed by atoms with Crippen molar-refractivity contribution in [1.82, 2.24) is 15.3 Å². The van der Waals surface area contributed by atoms with Crippen LogP contribution < -0.4 is 27.2 Å². The van der Waals surface area contributed by atoms with Gasteiger partial charge in [0, 0.05) is 24.0 Å². The molecule has 8 nitrogen and oxygen atoms in total. The average molecular weight is 439 g/mol. The normalized spacial score (nSPS) is 10.8. The first-order chi connectivity index (χ1) is 15.4. The third-order valence-corrected chi connectivity index (χ3v) is 4.90. The summed E-state index contributed by atoms with van der Waals surface area (Å²) in [6, 6.07) is 9.69. The predicted octanol–water partition coefficient (Wildman–Crippen LogP) is 3.28. The summed E-state index contributed by atoms with van der Waals surface area (Å²) in [5.74, 6) is -0.431. The quantitative estimate of drug-likeness (QED) is 0.345. The summed E-state index contributed by atoms with van der Waals surface area (Å²) in [6.07, 6.45) is 2.21. The van der Waals surface area contributed by atoms with Gasteiger partial charge < -0.3 is 21.4 Å². The molecule has 2 amide bonds. The van der Waals surface area contributed by atoms with Gasteiger partial charge in [-0.1, -0.05) is 29.8 Å². The largest absolute Gasteiger partial charge is 0.331 e. The molecular formula is C23H27FN6O2. The topological polar surface area (TPSA) is 125 Å². The number of hydrogen-bond donors (Lipinski definition) is 5. The Kier molecular flexibility index (Phi) is 7.69. The molecule has 0 atom stereocenters. The number of nitrogens with one attached hydrogen (secondary N) is 4. The minimum absolute atomic E-state index is 0.0118. The van der Waals surface area contributed by atoms with Crippen LogP contribution in [0.2, 0.25) is 0 Å². The maximum Gasteiger partial charge on any atom is 0.326 e. The van der Waals surface area contributed by atoms with Crippen molar-refractivity contribution >= 4 is 17.7 Å². The fourth-order valence-electron chi connectivity index (χ4n) is 3.19. The van der Waals surface area contributed by atoms with Crippen LogP contribution in [0.25, 0.3) is 11.1 Å². The first-order valence-electron chi connectivity index (χ1n) is 10.3. The summed E-state index contributed by atoms with van der Waals surface area (Å²) in [4.78, 5) is 31.3. The molecule has 0 aliphatic carbocycles. The number of amides is 2. The van der Waals surface area contributed by atoms with E-state index in [-0.39, 0.29) is 11.5 Å². The number of aromatic amines is 1. The lowest BCUT2D eigenvalue weighted by atomic mass is 10.1. The van der Waals surface area contributed by atoms with Crippen molar-refractivity contribution < 1.29 is 9.18 Å². The first-order valence-corrected chi connectivity index (χ1v) is 10.3. The number of rotatable bonds is 8. The molecule has 0 bridgehead atoms. The first kappa shape index (κ1) is 23.1. The van der Waals surface area contributed by atoms with Crippen LogP contribution in [-0.2, 0) is 6.54 Å². The van der Waals surface area contributed by atoms with E-state index in [0.717, 1.165) is 17.5 Å². The number of benzene rings is 2. The van der Waals surface area contributed by atoms with Crippen LogP contribution in [0.5, 0.6) is 0 Å². The van der Waals surface area contributed by atoms with E-state index < -0.39 is 17.4 Å². The number of aromatic nitrogens is 2. The number of nitrogens with zero attached hydrogens (tertiary/aromatic N) is 1. The Bertz CT molecular complexity index is 1160. The minimum Gasteiger partial charge on any atom is -0.331 e. The molecule has 0 unspecified atom stereocenters. The minimum atomic E-state index is -0.584. The molecule has 0 spiro atoms. The zero-order chi connectivity index (χ0) is 23.1. The lowest BCUT2D eigenvalue weighted by Crippen LogP contribution is -2.23. The molecule has 3 rings (SSSR count). The highest BCUT2D eigenvalue weighted by molar-refractivity contribution is 5.99. The molecule has 1 heterocycles. The Balaban J connectivity index is 1.67. The van der Waals surface area contributed by atoms with E-state index in [0.29, 0.717) is 36.4 Å². The van der Waals surface area contributed by atoms with Crippen molar-refractivity contribution in [3.8, 4) is 11.1 Å². The fourth-order valence-corrected chi connectivity index (χ4v) is 3.19. The number of urea groups is 1. The van der Waals surface area contributed by atoms with Gasteiger partial charge in [0.1, 0.15) is 5.82 Å². The molecule has 9 heteroatoms. The van der Waals surface area contributed by atoms with Gasteiger partial charge in [-0.3, -0.25) is 10.1 Å². The smallest absolute Gasteiger partial charge is 0.326 e. The molecule has 1 aromatic heterocycles. The predicted molar refractivity (Wildman–Crippen MR) is 124 cm³/mol. The van der Waals surface area contributed by atoms with Crippen molar-refractivity contribution in [2.75, 3.05) is 23.7 Å².